The van der Waals surface area contributed by atoms with Crippen molar-refractivity contribution in [2.24, 2.45) is 5.73 Å². The average molecular weight is 465 g/mol. The van der Waals surface area contributed by atoms with Gasteiger partial charge in [-0.1, -0.05) is 5.10 Å². The predicted octanol–water partition coefficient (Wildman–Crippen LogP) is 1.34. The van der Waals surface area contributed by atoms with Gasteiger partial charge in [-0.2, -0.15) is 5.21 Å². The Labute approximate surface area is 197 Å². The van der Waals surface area contributed by atoms with E-state index in [1.807, 2.05) is 24.4 Å². The number of benzene rings is 1. The summed E-state index contributed by atoms with van der Waals surface area (Å²) in [6, 6.07) is 8.38. The van der Waals surface area contributed by atoms with E-state index in [0.29, 0.717) is 11.5 Å². The van der Waals surface area contributed by atoms with E-state index in [1.54, 1.807) is 7.11 Å². The minimum absolute atomic E-state index is 0.0113. The van der Waals surface area contributed by atoms with Crippen molar-refractivity contribution < 1.29 is 14.3 Å². The molecule has 0 bridgehead atoms. The number of methoxy groups -OCH3 is 1. The van der Waals surface area contributed by atoms with Crippen molar-refractivity contribution in [1.29, 1.82) is 0 Å². The van der Waals surface area contributed by atoms with Crippen LogP contribution in [0.4, 0.5) is 5.95 Å². The van der Waals surface area contributed by atoms with Crippen molar-refractivity contribution >= 4 is 11.9 Å². The number of H-pyrrole nitrogens is 1. The van der Waals surface area contributed by atoms with Gasteiger partial charge in [0.05, 0.1) is 7.11 Å². The molecule has 0 aliphatic carbocycles. The second-order valence-electron chi connectivity index (χ2n) is 8.80. The molecule has 0 radical (unpaired) electrons. The SMILES string of the molecule is COc1cc2c(cc1OCC(=O)Nc1nn[nH]n1)CCN1C[C@@H](c3cc(C)ccn3)[C@H](N)C[C@H]21. The fourth-order valence-corrected chi connectivity index (χ4v) is 4.93. The summed E-state index contributed by atoms with van der Waals surface area (Å²) in [5.41, 5.74) is 11.3. The molecule has 178 valence electrons. The first-order valence-corrected chi connectivity index (χ1v) is 11.3. The summed E-state index contributed by atoms with van der Waals surface area (Å²) in [5, 5.41) is 15.6. The highest BCUT2D eigenvalue weighted by molar-refractivity contribution is 5.90. The summed E-state index contributed by atoms with van der Waals surface area (Å²) in [6.07, 6.45) is 3.58. The number of nitrogens with zero attached hydrogens (tertiary/aromatic N) is 5. The summed E-state index contributed by atoms with van der Waals surface area (Å²) >= 11 is 0. The number of nitrogens with one attached hydrogen (secondary N) is 2. The Bertz CT molecular complexity index is 1170. The number of aromatic amines is 1. The smallest absolute Gasteiger partial charge is 0.269 e. The van der Waals surface area contributed by atoms with Crippen LogP contribution >= 0.6 is 0 Å². The van der Waals surface area contributed by atoms with Gasteiger partial charge in [-0.25, -0.2) is 0 Å². The quantitative estimate of drug-likeness (QED) is 0.492. The van der Waals surface area contributed by atoms with Crippen LogP contribution in [0, 0.1) is 6.92 Å². The van der Waals surface area contributed by atoms with E-state index in [4.69, 9.17) is 15.2 Å². The van der Waals surface area contributed by atoms with E-state index >= 15 is 0 Å². The number of aromatic nitrogens is 5. The first kappa shape index (κ1) is 22.2. The molecule has 11 nitrogen and oxygen atoms in total. The van der Waals surface area contributed by atoms with Gasteiger partial charge < -0.3 is 15.2 Å². The number of aryl methyl sites for hydroxylation is 1. The Morgan fingerprint density at radius 1 is 1.32 bits per heavy atom. The number of anilines is 1. The molecule has 0 unspecified atom stereocenters. The third-order valence-corrected chi connectivity index (χ3v) is 6.61. The number of ether oxygens (including phenoxy) is 2. The summed E-state index contributed by atoms with van der Waals surface area (Å²) < 4.78 is 11.4. The molecule has 3 atom stereocenters. The van der Waals surface area contributed by atoms with Crippen LogP contribution in [0.3, 0.4) is 0 Å². The Morgan fingerprint density at radius 3 is 2.97 bits per heavy atom. The van der Waals surface area contributed by atoms with E-state index in [1.165, 1.54) is 16.7 Å². The van der Waals surface area contributed by atoms with E-state index < -0.39 is 0 Å². The van der Waals surface area contributed by atoms with Gasteiger partial charge in [0.15, 0.2) is 18.1 Å². The lowest BCUT2D eigenvalue weighted by atomic mass is 9.79. The Balaban J connectivity index is 1.32. The van der Waals surface area contributed by atoms with Gasteiger partial charge in [0, 0.05) is 43.0 Å². The highest BCUT2D eigenvalue weighted by Crippen LogP contribution is 2.44. The van der Waals surface area contributed by atoms with Crippen molar-refractivity contribution in [2.45, 2.75) is 37.8 Å². The number of hydrogen-bond donors (Lipinski definition) is 3. The second kappa shape index (κ2) is 9.35. The fourth-order valence-electron chi connectivity index (χ4n) is 4.93. The van der Waals surface area contributed by atoms with Gasteiger partial charge >= 0.3 is 0 Å². The maximum Gasteiger partial charge on any atom is 0.269 e. The van der Waals surface area contributed by atoms with Crippen LogP contribution in [0.1, 0.15) is 40.8 Å². The third-order valence-electron chi connectivity index (χ3n) is 6.61. The monoisotopic (exact) mass is 464 g/mol. The maximum absolute atomic E-state index is 12.1. The first-order valence-electron chi connectivity index (χ1n) is 11.3. The number of rotatable bonds is 6. The number of piperidine rings is 1. The van der Waals surface area contributed by atoms with E-state index in [9.17, 15) is 4.79 Å². The van der Waals surface area contributed by atoms with Gasteiger partial charge in [0.25, 0.3) is 11.9 Å². The first-order chi connectivity index (χ1) is 16.5. The normalized spacial score (nSPS) is 21.9. The molecule has 34 heavy (non-hydrogen) atoms. The number of carbonyl (C=O) groups is 1. The minimum atomic E-state index is -0.388. The predicted molar refractivity (Wildman–Crippen MR) is 124 cm³/mol. The van der Waals surface area contributed by atoms with Crippen LogP contribution in [0.2, 0.25) is 0 Å². The molecule has 2 aliphatic heterocycles. The van der Waals surface area contributed by atoms with Crippen LogP contribution in [-0.2, 0) is 11.2 Å². The molecule has 2 aromatic heterocycles. The molecule has 3 aromatic rings. The lowest BCUT2D eigenvalue weighted by Crippen LogP contribution is -2.50. The summed E-state index contributed by atoms with van der Waals surface area (Å²) in [5.74, 6) is 1.03. The van der Waals surface area contributed by atoms with Gasteiger partial charge in [-0.15, -0.1) is 5.10 Å². The van der Waals surface area contributed by atoms with Gasteiger partial charge in [0.1, 0.15) is 0 Å². The highest BCUT2D eigenvalue weighted by atomic mass is 16.5. The average Bonchev–Trinajstić information content (AvgIpc) is 3.34. The van der Waals surface area contributed by atoms with Crippen LogP contribution in [-0.4, -0.2) is 69.3 Å². The summed E-state index contributed by atoms with van der Waals surface area (Å²) in [7, 11) is 1.60. The van der Waals surface area contributed by atoms with E-state index in [2.05, 4.69) is 48.8 Å². The molecule has 0 saturated carbocycles. The number of nitrogens with two attached hydrogens (primary N) is 1. The molecule has 1 saturated heterocycles. The van der Waals surface area contributed by atoms with Gasteiger partial charge in [-0.05, 0) is 65.9 Å². The Morgan fingerprint density at radius 2 is 2.21 bits per heavy atom. The van der Waals surface area contributed by atoms with Crippen molar-refractivity contribution in [3.8, 4) is 11.5 Å². The standard InChI is InChI=1S/C23H28N8O3/c1-13-3-5-25-18(7-13)16-11-31-6-4-14-8-21(34-12-22(32)26-23-27-29-30-28-23)20(33-2)9-15(14)19(31)10-17(16)24/h3,5,7-9,16-17,19H,4,6,10-12,24H2,1-2H3,(H2,26,27,28,29,30,32)/t16-,17-,19-/m1/s1. The largest absolute Gasteiger partial charge is 0.493 e. The number of carbonyl (C=O) groups excluding carboxylic acids is 1. The van der Waals surface area contributed by atoms with Crippen LogP contribution < -0.4 is 20.5 Å². The molecule has 1 aromatic carbocycles. The van der Waals surface area contributed by atoms with Gasteiger partial charge in [-0.3, -0.25) is 20.0 Å². The van der Waals surface area contributed by atoms with Crippen LogP contribution in [0.25, 0.3) is 0 Å². The number of amides is 1. The molecule has 1 amide bonds. The van der Waals surface area contributed by atoms with Crippen LogP contribution in [0.15, 0.2) is 30.5 Å². The highest BCUT2D eigenvalue weighted by Gasteiger charge is 2.39. The Kier molecular flexibility index (Phi) is 6.12. The topological polar surface area (TPSA) is 144 Å². The number of pyridine rings is 1. The van der Waals surface area contributed by atoms with Crippen molar-refractivity contribution in [2.75, 3.05) is 32.1 Å². The number of fused-ring (bicyclic) bond motifs is 3. The number of tetrazole rings is 1. The summed E-state index contributed by atoms with van der Waals surface area (Å²) in [4.78, 5) is 19.2. The van der Waals surface area contributed by atoms with E-state index in [-0.39, 0.29) is 36.5 Å². The van der Waals surface area contributed by atoms with Crippen molar-refractivity contribution in [3.63, 3.8) is 0 Å². The molecule has 1 fully saturated rings. The zero-order chi connectivity index (χ0) is 23.7. The molecule has 2 aliphatic rings. The second-order valence-corrected chi connectivity index (χ2v) is 8.80. The Hall–Kier alpha value is -3.57. The maximum atomic E-state index is 12.1. The molecular formula is C23H28N8O3. The van der Waals surface area contributed by atoms with Gasteiger partial charge in [0.2, 0.25) is 0 Å². The number of hydrogen-bond acceptors (Lipinski definition) is 9. The third kappa shape index (κ3) is 4.44. The lowest BCUT2D eigenvalue weighted by Gasteiger charge is -2.46. The molecule has 4 heterocycles. The van der Waals surface area contributed by atoms with Crippen molar-refractivity contribution in [3.05, 3.63) is 52.8 Å². The van der Waals surface area contributed by atoms with Crippen LogP contribution in [0.5, 0.6) is 11.5 Å². The molecule has 0 spiro atoms. The fraction of sp³-hybridized carbons (Fsp3) is 0.435. The molecular weight excluding hydrogens is 436 g/mol. The molecule has 4 N–H and O–H groups in total. The van der Waals surface area contributed by atoms with E-state index in [0.717, 1.165) is 31.6 Å². The molecule has 5 rings (SSSR count). The lowest BCUT2D eigenvalue weighted by molar-refractivity contribution is -0.118. The minimum Gasteiger partial charge on any atom is -0.493 e. The zero-order valence-electron chi connectivity index (χ0n) is 19.2. The summed E-state index contributed by atoms with van der Waals surface area (Å²) in [6.45, 7) is 3.69. The zero-order valence-corrected chi connectivity index (χ0v) is 19.2. The molecule has 11 heteroatoms. The van der Waals surface area contributed by atoms with Crippen molar-refractivity contribution in [1.82, 2.24) is 30.5 Å².